The highest BCUT2D eigenvalue weighted by Crippen LogP contribution is 2.43. The van der Waals surface area contributed by atoms with Crippen LogP contribution < -0.4 is 0 Å². The number of aliphatic hydroxyl groups is 2. The standard InChI is InChI=1S/C28H53O10P/c1-3-5-7-9-11-12-13-14-16-18-20-28(32)38-26(24-37-39(33,34)36-22-25(30)21-29)23-35-27(31)19-17-15-10-8-6-4-2/h3,5,25-26,29-30H,4,6-24H2,1-2H3,(H,33,34)/b5-3-/t25-,26+/m0/s1. The lowest BCUT2D eigenvalue weighted by Gasteiger charge is -2.20. The first-order valence-electron chi connectivity index (χ1n) is 14.6. The smallest absolute Gasteiger partial charge is 0.462 e. The first-order chi connectivity index (χ1) is 18.7. The van der Waals surface area contributed by atoms with E-state index in [1.807, 2.05) is 6.92 Å². The quantitative estimate of drug-likeness (QED) is 0.0473. The largest absolute Gasteiger partial charge is 0.472 e. The molecular formula is C28H53O10P. The SMILES string of the molecule is C/C=C\CCCCCCCCCC(=O)O[C@H](COC(=O)CCCCCCCC)COP(=O)(O)OC[C@@H](O)CO. The summed E-state index contributed by atoms with van der Waals surface area (Å²) in [7, 11) is -4.59. The number of hydrogen-bond acceptors (Lipinski definition) is 9. The maximum absolute atomic E-state index is 12.4. The number of carbonyl (C=O) groups excluding carboxylic acids is 2. The summed E-state index contributed by atoms with van der Waals surface area (Å²) in [6.07, 6.45) is 16.7. The van der Waals surface area contributed by atoms with Gasteiger partial charge >= 0.3 is 19.8 Å². The Kier molecular flexibility index (Phi) is 24.8. The van der Waals surface area contributed by atoms with E-state index in [1.165, 1.54) is 25.7 Å². The number of phosphoric acid groups is 1. The van der Waals surface area contributed by atoms with Gasteiger partial charge in [0.25, 0.3) is 0 Å². The Labute approximate surface area is 235 Å². The van der Waals surface area contributed by atoms with Crippen LogP contribution in [0.5, 0.6) is 0 Å². The summed E-state index contributed by atoms with van der Waals surface area (Å²) in [6.45, 7) is 2.05. The Morgan fingerprint density at radius 3 is 1.92 bits per heavy atom. The van der Waals surface area contributed by atoms with Crippen LogP contribution in [0.25, 0.3) is 0 Å². The molecule has 10 nitrogen and oxygen atoms in total. The van der Waals surface area contributed by atoms with Crippen molar-refractivity contribution < 1.29 is 47.8 Å². The predicted molar refractivity (Wildman–Crippen MR) is 150 cm³/mol. The zero-order valence-electron chi connectivity index (χ0n) is 24.1. The molecule has 3 atom stereocenters. The fourth-order valence-corrected chi connectivity index (χ4v) is 4.49. The Morgan fingerprint density at radius 1 is 0.795 bits per heavy atom. The summed E-state index contributed by atoms with van der Waals surface area (Å²) in [6, 6.07) is 0. The fourth-order valence-electron chi connectivity index (χ4n) is 3.70. The minimum Gasteiger partial charge on any atom is -0.462 e. The van der Waals surface area contributed by atoms with Crippen molar-refractivity contribution in [2.45, 2.75) is 129 Å². The van der Waals surface area contributed by atoms with Crippen molar-refractivity contribution in [2.24, 2.45) is 0 Å². The molecule has 0 aromatic carbocycles. The molecule has 1 unspecified atom stereocenters. The normalized spacial score (nSPS) is 14.7. The summed E-state index contributed by atoms with van der Waals surface area (Å²) < 4.78 is 32.2. The van der Waals surface area contributed by atoms with E-state index in [1.54, 1.807) is 0 Å². The van der Waals surface area contributed by atoms with E-state index in [2.05, 4.69) is 23.6 Å². The molecule has 0 fully saturated rings. The van der Waals surface area contributed by atoms with Crippen LogP contribution in [0.3, 0.4) is 0 Å². The molecule has 3 N–H and O–H groups in total. The van der Waals surface area contributed by atoms with E-state index in [9.17, 15) is 24.2 Å². The highest BCUT2D eigenvalue weighted by atomic mass is 31.2. The number of esters is 2. The van der Waals surface area contributed by atoms with E-state index < -0.39 is 51.8 Å². The Morgan fingerprint density at radius 2 is 1.33 bits per heavy atom. The van der Waals surface area contributed by atoms with Crippen molar-refractivity contribution in [1.82, 2.24) is 0 Å². The molecule has 0 spiro atoms. The van der Waals surface area contributed by atoms with Gasteiger partial charge in [0.15, 0.2) is 6.10 Å². The summed E-state index contributed by atoms with van der Waals surface area (Å²) in [5.41, 5.74) is 0. The zero-order chi connectivity index (χ0) is 29.2. The van der Waals surface area contributed by atoms with Crippen LogP contribution in [0, 0.1) is 0 Å². The summed E-state index contributed by atoms with van der Waals surface area (Å²) in [4.78, 5) is 34.3. The average molecular weight is 581 g/mol. The third kappa shape index (κ3) is 25.4. The number of carbonyl (C=O) groups is 2. The average Bonchev–Trinajstić information content (AvgIpc) is 2.91. The summed E-state index contributed by atoms with van der Waals surface area (Å²) in [5.74, 6) is -0.946. The molecule has 0 heterocycles. The first kappa shape index (κ1) is 37.7. The maximum atomic E-state index is 12.4. The molecule has 11 heteroatoms. The Balaban J connectivity index is 4.50. The molecule has 0 aromatic rings. The summed E-state index contributed by atoms with van der Waals surface area (Å²) >= 11 is 0. The molecule has 230 valence electrons. The second-order valence-corrected chi connectivity index (χ2v) is 11.2. The second-order valence-electron chi connectivity index (χ2n) is 9.79. The van der Waals surface area contributed by atoms with Gasteiger partial charge in [-0.05, 0) is 32.6 Å². The molecule has 0 saturated carbocycles. The minimum absolute atomic E-state index is 0.180. The van der Waals surface area contributed by atoms with E-state index in [0.29, 0.717) is 12.8 Å². The molecule has 0 radical (unpaired) electrons. The third-order valence-electron chi connectivity index (χ3n) is 6.01. The van der Waals surface area contributed by atoms with Crippen molar-refractivity contribution in [2.75, 3.05) is 26.4 Å². The monoisotopic (exact) mass is 580 g/mol. The van der Waals surface area contributed by atoms with E-state index in [-0.39, 0.29) is 19.4 Å². The van der Waals surface area contributed by atoms with Crippen LogP contribution in [0.1, 0.15) is 117 Å². The van der Waals surface area contributed by atoms with Crippen LogP contribution in [-0.2, 0) is 32.7 Å². The van der Waals surface area contributed by atoms with E-state index in [0.717, 1.165) is 51.4 Å². The number of rotatable bonds is 27. The van der Waals surface area contributed by atoms with Gasteiger partial charge in [-0.25, -0.2) is 4.57 Å². The van der Waals surface area contributed by atoms with Crippen molar-refractivity contribution in [3.8, 4) is 0 Å². The van der Waals surface area contributed by atoms with Gasteiger partial charge < -0.3 is 24.6 Å². The fraction of sp³-hybridized carbons (Fsp3) is 0.857. The Bertz CT molecular complexity index is 685. The van der Waals surface area contributed by atoms with Gasteiger partial charge in [-0.1, -0.05) is 83.3 Å². The van der Waals surface area contributed by atoms with Crippen LogP contribution in [0.15, 0.2) is 12.2 Å². The van der Waals surface area contributed by atoms with Crippen molar-refractivity contribution >= 4 is 19.8 Å². The van der Waals surface area contributed by atoms with Crippen molar-refractivity contribution in [1.29, 1.82) is 0 Å². The second kappa shape index (κ2) is 25.7. The lowest BCUT2D eigenvalue weighted by molar-refractivity contribution is -0.161. The van der Waals surface area contributed by atoms with Gasteiger partial charge in [-0.2, -0.15) is 0 Å². The maximum Gasteiger partial charge on any atom is 0.472 e. The zero-order valence-corrected chi connectivity index (χ0v) is 25.0. The lowest BCUT2D eigenvalue weighted by Crippen LogP contribution is -2.29. The van der Waals surface area contributed by atoms with Gasteiger partial charge in [0.05, 0.1) is 19.8 Å². The number of unbranched alkanes of at least 4 members (excludes halogenated alkanes) is 12. The number of aliphatic hydroxyl groups excluding tert-OH is 2. The molecule has 39 heavy (non-hydrogen) atoms. The number of allylic oxidation sites excluding steroid dienone is 2. The lowest BCUT2D eigenvalue weighted by atomic mass is 10.1. The molecule has 0 aromatic heterocycles. The molecule has 0 aliphatic carbocycles. The molecule has 0 bridgehead atoms. The molecule has 0 rings (SSSR count). The Hall–Kier alpha value is -1.29. The van der Waals surface area contributed by atoms with Gasteiger partial charge in [0.2, 0.25) is 0 Å². The summed E-state index contributed by atoms with van der Waals surface area (Å²) in [5, 5.41) is 18.1. The third-order valence-corrected chi connectivity index (χ3v) is 6.97. The van der Waals surface area contributed by atoms with E-state index in [4.69, 9.17) is 19.1 Å². The number of ether oxygens (including phenoxy) is 2. The van der Waals surface area contributed by atoms with Gasteiger partial charge in [0, 0.05) is 12.8 Å². The topological polar surface area (TPSA) is 149 Å². The molecule has 0 amide bonds. The highest BCUT2D eigenvalue weighted by molar-refractivity contribution is 7.47. The molecule has 0 aliphatic heterocycles. The van der Waals surface area contributed by atoms with Gasteiger partial charge in [-0.3, -0.25) is 18.6 Å². The van der Waals surface area contributed by atoms with Crippen molar-refractivity contribution in [3.05, 3.63) is 12.2 Å². The van der Waals surface area contributed by atoms with Crippen LogP contribution >= 0.6 is 7.82 Å². The van der Waals surface area contributed by atoms with E-state index >= 15 is 0 Å². The molecule has 0 aliphatic rings. The molecule has 0 saturated heterocycles. The predicted octanol–water partition coefficient (Wildman–Crippen LogP) is 5.77. The number of hydrogen-bond donors (Lipinski definition) is 3. The van der Waals surface area contributed by atoms with Gasteiger partial charge in [0.1, 0.15) is 12.7 Å². The van der Waals surface area contributed by atoms with Gasteiger partial charge in [-0.15, -0.1) is 0 Å². The first-order valence-corrected chi connectivity index (χ1v) is 16.1. The molecular weight excluding hydrogens is 527 g/mol. The number of phosphoric ester groups is 1. The van der Waals surface area contributed by atoms with Crippen LogP contribution in [0.2, 0.25) is 0 Å². The highest BCUT2D eigenvalue weighted by Gasteiger charge is 2.27. The van der Waals surface area contributed by atoms with Crippen LogP contribution in [-0.4, -0.2) is 65.7 Å². The minimum atomic E-state index is -4.59. The van der Waals surface area contributed by atoms with Crippen molar-refractivity contribution in [3.63, 3.8) is 0 Å². The van der Waals surface area contributed by atoms with Crippen LogP contribution in [0.4, 0.5) is 0 Å².